The van der Waals surface area contributed by atoms with Gasteiger partial charge in [0.2, 0.25) is 0 Å². The van der Waals surface area contributed by atoms with E-state index >= 15 is 0 Å². The average molecular weight is 379 g/mol. The topological polar surface area (TPSA) is 47.6 Å². The van der Waals surface area contributed by atoms with Crippen LogP contribution in [0.1, 0.15) is 27.7 Å². The van der Waals surface area contributed by atoms with Crippen molar-refractivity contribution in [2.24, 2.45) is 0 Å². The lowest BCUT2D eigenvalue weighted by Gasteiger charge is -2.18. The van der Waals surface area contributed by atoms with Crippen LogP contribution >= 0.6 is 11.3 Å². The van der Waals surface area contributed by atoms with Crippen molar-refractivity contribution in [1.82, 2.24) is 0 Å². The molecule has 27 heavy (non-hydrogen) atoms. The summed E-state index contributed by atoms with van der Waals surface area (Å²) in [4.78, 5) is 14.5. The number of carbonyl (C=O) groups excluding carboxylic acids is 1. The van der Waals surface area contributed by atoms with E-state index in [2.05, 4.69) is 18.3 Å². The van der Waals surface area contributed by atoms with Crippen molar-refractivity contribution in [1.29, 1.82) is 0 Å². The van der Waals surface area contributed by atoms with Crippen LogP contribution in [0.2, 0.25) is 0 Å². The van der Waals surface area contributed by atoms with E-state index in [1.165, 1.54) is 11.3 Å². The van der Waals surface area contributed by atoms with Crippen LogP contribution in [0.3, 0.4) is 0 Å². The Labute approximate surface area is 162 Å². The molecule has 2 heterocycles. The summed E-state index contributed by atoms with van der Waals surface area (Å²) in [6, 6.07) is 15.8. The molecule has 1 aliphatic heterocycles. The molecule has 1 N–H and O–H groups in total. The van der Waals surface area contributed by atoms with E-state index in [0.717, 1.165) is 45.2 Å². The minimum absolute atomic E-state index is 0.0761. The van der Waals surface area contributed by atoms with Crippen LogP contribution in [-0.4, -0.2) is 19.1 Å². The normalized spacial score (nSPS) is 12.7. The van der Waals surface area contributed by atoms with E-state index in [9.17, 15) is 4.79 Å². The van der Waals surface area contributed by atoms with Gasteiger partial charge >= 0.3 is 0 Å². The lowest BCUT2D eigenvalue weighted by molar-refractivity contribution is 0.103. The highest BCUT2D eigenvalue weighted by molar-refractivity contribution is 7.17. The highest BCUT2D eigenvalue weighted by atomic mass is 32.1. The zero-order valence-electron chi connectivity index (χ0n) is 15.4. The zero-order chi connectivity index (χ0) is 18.8. The highest BCUT2D eigenvalue weighted by Crippen LogP contribution is 2.37. The minimum atomic E-state index is -0.0761. The first-order chi connectivity index (χ1) is 13.2. The molecule has 4 rings (SSSR count). The third-order valence-electron chi connectivity index (χ3n) is 4.63. The number of amides is 1. The number of anilines is 1. The lowest BCUT2D eigenvalue weighted by atomic mass is 10.1. The molecule has 0 radical (unpaired) electrons. The summed E-state index contributed by atoms with van der Waals surface area (Å²) >= 11 is 1.47. The summed E-state index contributed by atoms with van der Waals surface area (Å²) in [7, 11) is 0. The molecule has 0 saturated heterocycles. The molecule has 0 saturated carbocycles. The number of aryl methyl sites for hydroxylation is 2. The summed E-state index contributed by atoms with van der Waals surface area (Å²) in [6.07, 6.45) is 0.879. The number of hydrogen-bond donors (Lipinski definition) is 1. The van der Waals surface area contributed by atoms with Crippen molar-refractivity contribution < 1.29 is 14.3 Å². The molecule has 0 atom stereocenters. The maximum atomic E-state index is 12.8. The SMILES string of the molecule is CCc1cccc(C)c1NC(=O)c1ccc(-c2ccc3c(c2)OCCO3)s1. The molecule has 4 nitrogen and oxygen atoms in total. The number of hydrogen-bond acceptors (Lipinski definition) is 4. The quantitative estimate of drug-likeness (QED) is 0.668. The van der Waals surface area contributed by atoms with Gasteiger partial charge in [0.1, 0.15) is 13.2 Å². The molecule has 1 aromatic heterocycles. The molecular weight excluding hydrogens is 358 g/mol. The van der Waals surface area contributed by atoms with Crippen molar-refractivity contribution in [3.05, 3.63) is 64.5 Å². The monoisotopic (exact) mass is 379 g/mol. The Morgan fingerprint density at radius 2 is 1.89 bits per heavy atom. The molecule has 3 aromatic rings. The van der Waals surface area contributed by atoms with Gasteiger partial charge in [-0.25, -0.2) is 0 Å². The van der Waals surface area contributed by atoms with E-state index in [4.69, 9.17) is 9.47 Å². The molecule has 1 aliphatic rings. The first-order valence-electron chi connectivity index (χ1n) is 9.05. The Morgan fingerprint density at radius 1 is 1.07 bits per heavy atom. The van der Waals surface area contributed by atoms with Gasteiger partial charge in [0.25, 0.3) is 5.91 Å². The predicted octanol–water partition coefficient (Wildman–Crippen LogP) is 5.31. The number of rotatable bonds is 4. The van der Waals surface area contributed by atoms with Crippen LogP contribution in [-0.2, 0) is 6.42 Å². The van der Waals surface area contributed by atoms with Crippen LogP contribution in [0.15, 0.2) is 48.5 Å². The number of para-hydroxylation sites is 1. The minimum Gasteiger partial charge on any atom is -0.486 e. The van der Waals surface area contributed by atoms with Crippen LogP contribution in [0.5, 0.6) is 11.5 Å². The van der Waals surface area contributed by atoms with Gasteiger partial charge in [0.05, 0.1) is 4.88 Å². The van der Waals surface area contributed by atoms with Crippen LogP contribution in [0.25, 0.3) is 10.4 Å². The van der Waals surface area contributed by atoms with E-state index in [1.807, 2.05) is 49.4 Å². The molecule has 0 fully saturated rings. The second-order valence-electron chi connectivity index (χ2n) is 6.44. The van der Waals surface area contributed by atoms with Crippen molar-refractivity contribution in [3.63, 3.8) is 0 Å². The molecule has 0 aliphatic carbocycles. The number of fused-ring (bicyclic) bond motifs is 1. The van der Waals surface area contributed by atoms with E-state index in [0.29, 0.717) is 18.1 Å². The highest BCUT2D eigenvalue weighted by Gasteiger charge is 2.16. The number of ether oxygens (including phenoxy) is 2. The molecule has 1 amide bonds. The molecular formula is C22H21NO3S. The van der Waals surface area contributed by atoms with Crippen LogP contribution in [0, 0.1) is 6.92 Å². The number of carbonyl (C=O) groups is 1. The van der Waals surface area contributed by atoms with Gasteiger partial charge in [-0.2, -0.15) is 0 Å². The standard InChI is InChI=1S/C22H21NO3S/c1-3-15-6-4-5-14(2)21(15)23-22(24)20-10-9-19(27-20)16-7-8-17-18(13-16)26-12-11-25-17/h4-10,13H,3,11-12H2,1-2H3,(H,23,24). The number of benzene rings is 2. The molecule has 2 aromatic carbocycles. The maximum absolute atomic E-state index is 12.8. The van der Waals surface area contributed by atoms with Crippen LogP contribution in [0.4, 0.5) is 5.69 Å². The van der Waals surface area contributed by atoms with Gasteiger partial charge < -0.3 is 14.8 Å². The first-order valence-corrected chi connectivity index (χ1v) is 9.87. The van der Waals surface area contributed by atoms with Crippen LogP contribution < -0.4 is 14.8 Å². The van der Waals surface area contributed by atoms with Gasteiger partial charge in [-0.1, -0.05) is 25.1 Å². The Balaban J connectivity index is 1.57. The summed E-state index contributed by atoms with van der Waals surface area (Å²) < 4.78 is 11.2. The smallest absolute Gasteiger partial charge is 0.265 e. The third-order valence-corrected chi connectivity index (χ3v) is 5.77. The second-order valence-corrected chi connectivity index (χ2v) is 7.52. The number of thiophene rings is 1. The van der Waals surface area contributed by atoms with Gasteiger partial charge in [-0.05, 0) is 60.4 Å². The van der Waals surface area contributed by atoms with Crippen molar-refractivity contribution in [3.8, 4) is 21.9 Å². The van der Waals surface area contributed by atoms with Gasteiger partial charge in [-0.15, -0.1) is 11.3 Å². The Morgan fingerprint density at radius 3 is 2.70 bits per heavy atom. The largest absolute Gasteiger partial charge is 0.486 e. The summed E-state index contributed by atoms with van der Waals surface area (Å²) in [5.74, 6) is 1.45. The molecule has 0 bridgehead atoms. The van der Waals surface area contributed by atoms with E-state index in [1.54, 1.807) is 0 Å². The third kappa shape index (κ3) is 3.55. The summed E-state index contributed by atoms with van der Waals surface area (Å²) in [5, 5.41) is 3.09. The average Bonchev–Trinajstić information content (AvgIpc) is 3.19. The number of nitrogens with one attached hydrogen (secondary N) is 1. The molecule has 0 unspecified atom stereocenters. The fourth-order valence-electron chi connectivity index (χ4n) is 3.19. The Hall–Kier alpha value is -2.79. The fraction of sp³-hybridized carbons (Fsp3) is 0.227. The van der Waals surface area contributed by atoms with Crippen molar-refractivity contribution in [2.75, 3.05) is 18.5 Å². The van der Waals surface area contributed by atoms with Crippen molar-refractivity contribution in [2.45, 2.75) is 20.3 Å². The Bertz CT molecular complexity index is 993. The summed E-state index contributed by atoms with van der Waals surface area (Å²) in [6.45, 7) is 5.25. The van der Waals surface area contributed by atoms with E-state index < -0.39 is 0 Å². The summed E-state index contributed by atoms with van der Waals surface area (Å²) in [5.41, 5.74) is 4.16. The van der Waals surface area contributed by atoms with E-state index in [-0.39, 0.29) is 5.91 Å². The molecule has 5 heteroatoms. The molecule has 0 spiro atoms. The molecule has 138 valence electrons. The zero-order valence-corrected chi connectivity index (χ0v) is 16.2. The lowest BCUT2D eigenvalue weighted by Crippen LogP contribution is -2.15. The fourth-order valence-corrected chi connectivity index (χ4v) is 4.09. The predicted molar refractivity (Wildman–Crippen MR) is 109 cm³/mol. The Kier molecular flexibility index (Phi) is 4.86. The van der Waals surface area contributed by atoms with Gasteiger partial charge in [-0.3, -0.25) is 4.79 Å². The maximum Gasteiger partial charge on any atom is 0.265 e. The van der Waals surface area contributed by atoms with Crippen molar-refractivity contribution >= 4 is 22.9 Å². The first kappa shape index (κ1) is 17.6. The van der Waals surface area contributed by atoms with Gasteiger partial charge in [0, 0.05) is 10.6 Å². The van der Waals surface area contributed by atoms with Gasteiger partial charge in [0.15, 0.2) is 11.5 Å². The second kappa shape index (κ2) is 7.45.